The maximum atomic E-state index is 13.6. The molecule has 0 aliphatic heterocycles. The van der Waals surface area contributed by atoms with Gasteiger partial charge >= 0.3 is 0 Å². The molecular formula is C19H22F3IN4O3. The third-order valence-corrected chi connectivity index (χ3v) is 3.68. The van der Waals surface area contributed by atoms with Crippen LogP contribution in [0.4, 0.5) is 24.5 Å². The summed E-state index contributed by atoms with van der Waals surface area (Å²) < 4.78 is 50.5. The third kappa shape index (κ3) is 6.68. The van der Waals surface area contributed by atoms with Gasteiger partial charge in [0.15, 0.2) is 34.9 Å². The topological polar surface area (TPSA) is 84.0 Å². The number of methoxy groups -OCH3 is 1. The first-order chi connectivity index (χ1) is 13.9. The lowest BCUT2D eigenvalue weighted by atomic mass is 10.2. The van der Waals surface area contributed by atoms with Crippen LogP contribution in [0.5, 0.6) is 11.5 Å². The number of guanidine groups is 1. The van der Waals surface area contributed by atoms with Crippen LogP contribution in [0.15, 0.2) is 35.3 Å². The molecule has 0 saturated carbocycles. The van der Waals surface area contributed by atoms with Crippen molar-refractivity contribution in [1.82, 2.24) is 5.32 Å². The fraction of sp³-hybridized carbons (Fsp3) is 0.263. The molecule has 7 nitrogen and oxygen atoms in total. The molecule has 0 saturated heterocycles. The van der Waals surface area contributed by atoms with Crippen LogP contribution in [0.1, 0.15) is 6.92 Å². The first-order valence-electron chi connectivity index (χ1n) is 8.61. The van der Waals surface area contributed by atoms with E-state index in [1.807, 2.05) is 6.92 Å². The number of rotatable bonds is 7. The average molecular weight is 538 g/mol. The van der Waals surface area contributed by atoms with Crippen molar-refractivity contribution in [3.63, 3.8) is 0 Å². The fourth-order valence-electron chi connectivity index (χ4n) is 2.32. The highest BCUT2D eigenvalue weighted by atomic mass is 127. The molecular weight excluding hydrogens is 516 g/mol. The van der Waals surface area contributed by atoms with E-state index in [9.17, 15) is 18.0 Å². The number of halogens is 4. The number of carbonyl (C=O) groups is 1. The van der Waals surface area contributed by atoms with Gasteiger partial charge in [-0.1, -0.05) is 0 Å². The van der Waals surface area contributed by atoms with Crippen LogP contribution in [0.2, 0.25) is 0 Å². The van der Waals surface area contributed by atoms with Gasteiger partial charge in [0, 0.05) is 18.8 Å². The van der Waals surface area contributed by atoms with Crippen molar-refractivity contribution in [3.05, 3.63) is 47.8 Å². The van der Waals surface area contributed by atoms with Crippen LogP contribution in [-0.2, 0) is 4.79 Å². The van der Waals surface area contributed by atoms with Crippen molar-refractivity contribution in [2.24, 2.45) is 4.99 Å². The highest BCUT2D eigenvalue weighted by Crippen LogP contribution is 2.30. The zero-order valence-electron chi connectivity index (χ0n) is 16.5. The lowest BCUT2D eigenvalue weighted by Gasteiger charge is -2.14. The first-order valence-corrected chi connectivity index (χ1v) is 8.61. The summed E-state index contributed by atoms with van der Waals surface area (Å²) in [6.07, 6.45) is 0. The Morgan fingerprint density at radius 1 is 1.07 bits per heavy atom. The number of nitrogens with zero attached hydrogens (tertiary/aromatic N) is 1. The molecule has 0 aliphatic carbocycles. The molecule has 0 bridgehead atoms. The van der Waals surface area contributed by atoms with E-state index in [1.54, 1.807) is 18.2 Å². The van der Waals surface area contributed by atoms with E-state index in [4.69, 9.17) is 9.47 Å². The van der Waals surface area contributed by atoms with Gasteiger partial charge in [0.1, 0.15) is 0 Å². The Bertz CT molecular complexity index is 913. The summed E-state index contributed by atoms with van der Waals surface area (Å²) >= 11 is 0. The van der Waals surface area contributed by atoms with Gasteiger partial charge in [-0.2, -0.15) is 0 Å². The largest absolute Gasteiger partial charge is 0.493 e. The molecule has 0 radical (unpaired) electrons. The number of aliphatic imine (C=N–C) groups is 1. The van der Waals surface area contributed by atoms with Crippen molar-refractivity contribution in [3.8, 4) is 11.5 Å². The molecule has 0 heterocycles. The number of hydrogen-bond acceptors (Lipinski definition) is 4. The molecule has 0 fully saturated rings. The molecule has 2 aromatic carbocycles. The zero-order chi connectivity index (χ0) is 21.4. The predicted octanol–water partition coefficient (Wildman–Crippen LogP) is 3.76. The second-order valence-electron chi connectivity index (χ2n) is 5.62. The van der Waals surface area contributed by atoms with Crippen LogP contribution in [0.3, 0.4) is 0 Å². The van der Waals surface area contributed by atoms with Crippen LogP contribution in [-0.4, -0.2) is 39.2 Å². The normalized spacial score (nSPS) is 10.7. The van der Waals surface area contributed by atoms with Gasteiger partial charge in [-0.3, -0.25) is 9.79 Å². The van der Waals surface area contributed by atoms with Gasteiger partial charge in [-0.05, 0) is 31.2 Å². The molecule has 0 unspecified atom stereocenters. The van der Waals surface area contributed by atoms with Gasteiger partial charge in [-0.15, -0.1) is 24.0 Å². The third-order valence-electron chi connectivity index (χ3n) is 3.68. The molecule has 0 aliphatic rings. The highest BCUT2D eigenvalue weighted by molar-refractivity contribution is 14.0. The van der Waals surface area contributed by atoms with Crippen molar-refractivity contribution in [2.75, 3.05) is 37.9 Å². The average Bonchev–Trinajstić information content (AvgIpc) is 2.72. The maximum Gasteiger partial charge on any atom is 0.243 e. The molecule has 3 N–H and O–H groups in total. The second kappa shape index (κ2) is 12.1. The standard InChI is InChI=1S/C19H21F3N4O3.HI/c1-4-29-14-8-5-11(9-15(14)28-3)25-19(23-2)24-10-16(27)26-13-7-6-12(20)17(21)18(13)22;/h5-9H,4,10H2,1-3H3,(H,26,27)(H2,23,24,25);1H. The van der Waals surface area contributed by atoms with Crippen molar-refractivity contribution in [2.45, 2.75) is 6.92 Å². The minimum absolute atomic E-state index is 0. The predicted molar refractivity (Wildman–Crippen MR) is 120 cm³/mol. The van der Waals surface area contributed by atoms with Crippen LogP contribution in [0, 0.1) is 17.5 Å². The van der Waals surface area contributed by atoms with Gasteiger partial charge in [0.05, 0.1) is 25.9 Å². The monoisotopic (exact) mass is 538 g/mol. The van der Waals surface area contributed by atoms with E-state index >= 15 is 0 Å². The molecule has 0 atom stereocenters. The Kier molecular flexibility index (Phi) is 10.2. The Labute approximate surface area is 189 Å². The molecule has 2 aromatic rings. The number of nitrogens with one attached hydrogen (secondary N) is 3. The van der Waals surface area contributed by atoms with E-state index in [0.29, 0.717) is 23.8 Å². The highest BCUT2D eigenvalue weighted by Gasteiger charge is 2.15. The SMILES string of the molecule is CCOc1ccc(NC(=NC)NCC(=O)Nc2ccc(F)c(F)c2F)cc1OC.I. The fourth-order valence-corrected chi connectivity index (χ4v) is 2.32. The molecule has 0 aromatic heterocycles. The number of amides is 1. The number of carbonyl (C=O) groups excluding carboxylic acids is 1. The van der Waals surface area contributed by atoms with E-state index in [-0.39, 0.29) is 36.5 Å². The van der Waals surface area contributed by atoms with E-state index in [2.05, 4.69) is 20.9 Å². The maximum absolute atomic E-state index is 13.6. The number of ether oxygens (including phenoxy) is 2. The Hall–Kier alpha value is -2.70. The minimum Gasteiger partial charge on any atom is -0.493 e. The molecule has 11 heteroatoms. The Morgan fingerprint density at radius 3 is 2.43 bits per heavy atom. The van der Waals surface area contributed by atoms with Gasteiger partial charge in [0.25, 0.3) is 0 Å². The van der Waals surface area contributed by atoms with E-state index < -0.39 is 29.0 Å². The summed E-state index contributed by atoms with van der Waals surface area (Å²) in [4.78, 5) is 16.0. The molecule has 164 valence electrons. The van der Waals surface area contributed by atoms with Crippen molar-refractivity contribution in [1.29, 1.82) is 0 Å². The summed E-state index contributed by atoms with van der Waals surface area (Å²) in [5.74, 6) is -3.80. The number of anilines is 2. The first kappa shape index (κ1) is 25.3. The lowest BCUT2D eigenvalue weighted by molar-refractivity contribution is -0.115. The number of benzene rings is 2. The Morgan fingerprint density at radius 2 is 1.80 bits per heavy atom. The van der Waals surface area contributed by atoms with Crippen LogP contribution >= 0.6 is 24.0 Å². The molecule has 1 amide bonds. The summed E-state index contributed by atoms with van der Waals surface area (Å²) in [7, 11) is 3.00. The summed E-state index contributed by atoms with van der Waals surface area (Å²) in [5, 5.41) is 7.84. The number of hydrogen-bond donors (Lipinski definition) is 3. The summed E-state index contributed by atoms with van der Waals surface area (Å²) in [5.41, 5.74) is 0.153. The van der Waals surface area contributed by atoms with E-state index in [1.165, 1.54) is 14.2 Å². The summed E-state index contributed by atoms with van der Waals surface area (Å²) in [6.45, 7) is 2.04. The van der Waals surface area contributed by atoms with Crippen molar-refractivity contribution < 1.29 is 27.4 Å². The van der Waals surface area contributed by atoms with Gasteiger partial charge < -0.3 is 25.4 Å². The second-order valence-corrected chi connectivity index (χ2v) is 5.62. The summed E-state index contributed by atoms with van der Waals surface area (Å²) in [6, 6.07) is 6.80. The van der Waals surface area contributed by atoms with Gasteiger partial charge in [-0.25, -0.2) is 13.2 Å². The van der Waals surface area contributed by atoms with Crippen LogP contribution < -0.4 is 25.4 Å². The molecule has 0 spiro atoms. The van der Waals surface area contributed by atoms with Gasteiger partial charge in [0.2, 0.25) is 5.91 Å². The van der Waals surface area contributed by atoms with Crippen molar-refractivity contribution >= 4 is 47.2 Å². The lowest BCUT2D eigenvalue weighted by Crippen LogP contribution is -2.37. The smallest absolute Gasteiger partial charge is 0.243 e. The Balaban J connectivity index is 0.00000450. The van der Waals surface area contributed by atoms with E-state index in [0.717, 1.165) is 12.1 Å². The quantitative estimate of drug-likeness (QED) is 0.217. The molecule has 2 rings (SSSR count). The zero-order valence-corrected chi connectivity index (χ0v) is 18.8. The molecule has 30 heavy (non-hydrogen) atoms. The minimum atomic E-state index is -1.65. The van der Waals surface area contributed by atoms with Crippen LogP contribution in [0.25, 0.3) is 0 Å².